The number of likely N-dealkylation sites (N-methyl/N-ethyl adjacent to an activating group) is 1. The zero-order chi connectivity index (χ0) is 12.6. The third-order valence-corrected chi connectivity index (χ3v) is 5.05. The summed E-state index contributed by atoms with van der Waals surface area (Å²) in [5.74, 6) is 0.00295. The number of hydrogen-bond acceptors (Lipinski definition) is 3. The van der Waals surface area contributed by atoms with Gasteiger partial charge in [0, 0.05) is 13.5 Å². The molecule has 2 rings (SSSR count). The topological polar surface area (TPSA) is 54.5 Å². The van der Waals surface area contributed by atoms with Crippen molar-refractivity contribution in [2.24, 2.45) is 0 Å². The van der Waals surface area contributed by atoms with Crippen molar-refractivity contribution in [2.45, 2.75) is 30.7 Å². The number of nitrogens with zero attached hydrogens (tertiary/aromatic N) is 1. The Morgan fingerprint density at radius 3 is 2.24 bits per heavy atom. The Morgan fingerprint density at radius 1 is 1.24 bits per heavy atom. The van der Waals surface area contributed by atoms with E-state index >= 15 is 0 Å². The maximum absolute atomic E-state index is 12.2. The van der Waals surface area contributed by atoms with Crippen LogP contribution >= 0.6 is 0 Å². The van der Waals surface area contributed by atoms with E-state index in [1.54, 1.807) is 24.3 Å². The predicted octanol–water partition coefficient (Wildman–Crippen LogP) is 1.35. The molecule has 0 aliphatic heterocycles. The number of aryl methyl sites for hydroxylation is 1. The van der Waals surface area contributed by atoms with Crippen molar-refractivity contribution in [1.29, 1.82) is 0 Å². The van der Waals surface area contributed by atoms with Gasteiger partial charge in [-0.3, -0.25) is 4.79 Å². The third kappa shape index (κ3) is 2.12. The summed E-state index contributed by atoms with van der Waals surface area (Å²) in [7, 11) is -2.07. The number of Topliss-reactive ketones (excluding diaryl/α,β-unsaturated/α-hetero) is 1. The van der Waals surface area contributed by atoms with Crippen LogP contribution in [0.1, 0.15) is 18.4 Å². The Morgan fingerprint density at radius 2 is 1.82 bits per heavy atom. The molecule has 1 unspecified atom stereocenters. The second-order valence-corrected chi connectivity index (χ2v) is 6.35. The summed E-state index contributed by atoms with van der Waals surface area (Å²) < 4.78 is 25.6. The van der Waals surface area contributed by atoms with Crippen LogP contribution in [0.3, 0.4) is 0 Å². The minimum atomic E-state index is -3.54. The fraction of sp³-hybridized carbons (Fsp3) is 0.417. The highest BCUT2D eigenvalue weighted by molar-refractivity contribution is 7.89. The number of benzene rings is 1. The summed E-state index contributed by atoms with van der Waals surface area (Å²) in [6.45, 7) is 1.90. The molecule has 1 aliphatic carbocycles. The van der Waals surface area contributed by atoms with Crippen molar-refractivity contribution in [3.63, 3.8) is 0 Å². The summed E-state index contributed by atoms with van der Waals surface area (Å²) in [6.07, 6.45) is 1.11. The molecule has 1 saturated carbocycles. The van der Waals surface area contributed by atoms with Gasteiger partial charge in [-0.05, 0) is 25.5 Å². The molecule has 0 radical (unpaired) electrons. The molecule has 1 aromatic rings. The molecule has 1 aromatic carbocycles. The molecular weight excluding hydrogens is 238 g/mol. The van der Waals surface area contributed by atoms with Gasteiger partial charge in [0.2, 0.25) is 10.0 Å². The molecule has 0 heterocycles. The lowest BCUT2D eigenvalue weighted by Crippen LogP contribution is -2.48. The van der Waals surface area contributed by atoms with Crippen LogP contribution in [0.5, 0.6) is 0 Å². The molecule has 17 heavy (non-hydrogen) atoms. The predicted molar refractivity (Wildman–Crippen MR) is 64.2 cm³/mol. The van der Waals surface area contributed by atoms with E-state index in [4.69, 9.17) is 0 Å². The summed E-state index contributed by atoms with van der Waals surface area (Å²) in [5, 5.41) is 0. The van der Waals surface area contributed by atoms with Gasteiger partial charge >= 0.3 is 0 Å². The normalized spacial score (nSPS) is 20.4. The number of carbonyl (C=O) groups excluding carboxylic acids is 1. The van der Waals surface area contributed by atoms with Crippen LogP contribution in [0, 0.1) is 6.92 Å². The third-order valence-electron chi connectivity index (χ3n) is 3.17. The first-order valence-corrected chi connectivity index (χ1v) is 6.94. The van der Waals surface area contributed by atoms with Gasteiger partial charge in [-0.15, -0.1) is 0 Å². The first-order chi connectivity index (χ1) is 7.93. The molecule has 0 bridgehead atoms. The number of carbonyl (C=O) groups is 1. The summed E-state index contributed by atoms with van der Waals surface area (Å²) in [4.78, 5) is 11.5. The van der Waals surface area contributed by atoms with Crippen molar-refractivity contribution >= 4 is 15.8 Å². The molecule has 1 aliphatic rings. The van der Waals surface area contributed by atoms with Gasteiger partial charge in [0.1, 0.15) is 0 Å². The first-order valence-electron chi connectivity index (χ1n) is 5.50. The molecule has 1 fully saturated rings. The van der Waals surface area contributed by atoms with Gasteiger partial charge in [-0.1, -0.05) is 17.7 Å². The van der Waals surface area contributed by atoms with E-state index in [0.29, 0.717) is 12.8 Å². The molecular formula is C12H15NO3S. The highest BCUT2D eigenvalue weighted by Crippen LogP contribution is 2.25. The molecule has 4 nitrogen and oxygen atoms in total. The second-order valence-electron chi connectivity index (χ2n) is 4.36. The largest absolute Gasteiger partial charge is 0.298 e. The molecule has 5 heteroatoms. The van der Waals surface area contributed by atoms with E-state index in [-0.39, 0.29) is 10.7 Å². The Labute approximate surface area is 101 Å². The van der Waals surface area contributed by atoms with Crippen LogP contribution in [0.15, 0.2) is 29.2 Å². The lowest BCUT2D eigenvalue weighted by Gasteiger charge is -2.32. The molecule has 92 valence electrons. The lowest BCUT2D eigenvalue weighted by molar-refractivity contribution is -0.128. The van der Waals surface area contributed by atoms with Crippen molar-refractivity contribution in [2.75, 3.05) is 7.05 Å². The van der Waals surface area contributed by atoms with E-state index in [1.165, 1.54) is 11.4 Å². The molecule has 0 amide bonds. The summed E-state index contributed by atoms with van der Waals surface area (Å²) in [5.41, 5.74) is 1.01. The van der Waals surface area contributed by atoms with Gasteiger partial charge in [-0.2, -0.15) is 4.31 Å². The molecule has 0 saturated heterocycles. The number of rotatable bonds is 3. The van der Waals surface area contributed by atoms with Crippen LogP contribution in [-0.4, -0.2) is 31.6 Å². The van der Waals surface area contributed by atoms with Crippen LogP contribution in [0.25, 0.3) is 0 Å². The standard InChI is InChI=1S/C12H15NO3S/c1-9-3-5-10(6-4-9)17(15,16)13(2)11-7-8-12(11)14/h3-6,11H,7-8H2,1-2H3. The second kappa shape index (κ2) is 4.23. The van der Waals surface area contributed by atoms with E-state index < -0.39 is 16.1 Å². The fourth-order valence-electron chi connectivity index (χ4n) is 1.82. The maximum atomic E-state index is 12.2. The molecule has 1 atom stereocenters. The number of hydrogen-bond donors (Lipinski definition) is 0. The zero-order valence-corrected chi connectivity index (χ0v) is 10.7. The van der Waals surface area contributed by atoms with Crippen molar-refractivity contribution in [1.82, 2.24) is 4.31 Å². The van der Waals surface area contributed by atoms with Gasteiger partial charge in [0.15, 0.2) is 5.78 Å². The van der Waals surface area contributed by atoms with Crippen molar-refractivity contribution < 1.29 is 13.2 Å². The van der Waals surface area contributed by atoms with Crippen molar-refractivity contribution in [3.8, 4) is 0 Å². The minimum absolute atomic E-state index is 0.00295. The van der Waals surface area contributed by atoms with Crippen LogP contribution in [0.4, 0.5) is 0 Å². The monoisotopic (exact) mass is 253 g/mol. The number of sulfonamides is 1. The van der Waals surface area contributed by atoms with Crippen LogP contribution < -0.4 is 0 Å². The zero-order valence-electron chi connectivity index (χ0n) is 9.88. The van der Waals surface area contributed by atoms with Crippen molar-refractivity contribution in [3.05, 3.63) is 29.8 Å². The van der Waals surface area contributed by atoms with E-state index in [2.05, 4.69) is 0 Å². The van der Waals surface area contributed by atoms with Crippen LogP contribution in [-0.2, 0) is 14.8 Å². The highest BCUT2D eigenvalue weighted by atomic mass is 32.2. The van der Waals surface area contributed by atoms with E-state index in [0.717, 1.165) is 5.56 Å². The Hall–Kier alpha value is -1.20. The summed E-state index contributed by atoms with van der Waals surface area (Å²) in [6, 6.07) is 6.18. The average molecular weight is 253 g/mol. The summed E-state index contributed by atoms with van der Waals surface area (Å²) >= 11 is 0. The average Bonchev–Trinajstić information content (AvgIpc) is 2.27. The lowest BCUT2D eigenvalue weighted by atomic mass is 9.92. The Kier molecular flexibility index (Phi) is 3.05. The van der Waals surface area contributed by atoms with E-state index in [1.807, 2.05) is 6.92 Å². The van der Waals surface area contributed by atoms with Gasteiger partial charge in [0.25, 0.3) is 0 Å². The Bertz CT molecular complexity index is 533. The van der Waals surface area contributed by atoms with Crippen LogP contribution in [0.2, 0.25) is 0 Å². The molecule has 0 N–H and O–H groups in total. The Balaban J connectivity index is 2.29. The SMILES string of the molecule is Cc1ccc(S(=O)(=O)N(C)C2CCC2=O)cc1. The van der Waals surface area contributed by atoms with E-state index in [9.17, 15) is 13.2 Å². The number of ketones is 1. The fourth-order valence-corrected chi connectivity index (χ4v) is 3.19. The van der Waals surface area contributed by atoms with Gasteiger partial charge < -0.3 is 0 Å². The van der Waals surface area contributed by atoms with Gasteiger partial charge in [0.05, 0.1) is 10.9 Å². The smallest absolute Gasteiger partial charge is 0.243 e. The first kappa shape index (κ1) is 12.3. The quantitative estimate of drug-likeness (QED) is 0.817. The molecule has 0 aromatic heterocycles. The molecule has 0 spiro atoms. The van der Waals surface area contributed by atoms with Gasteiger partial charge in [-0.25, -0.2) is 8.42 Å². The minimum Gasteiger partial charge on any atom is -0.298 e. The maximum Gasteiger partial charge on any atom is 0.243 e. The highest BCUT2D eigenvalue weighted by Gasteiger charge is 2.38.